The summed E-state index contributed by atoms with van der Waals surface area (Å²) in [5.74, 6) is 0.103. The highest BCUT2D eigenvalue weighted by atomic mass is 35.5. The van der Waals surface area contributed by atoms with E-state index in [1.165, 1.54) is 5.56 Å². The molecule has 20 heavy (non-hydrogen) atoms. The molecule has 0 aliphatic rings. The second-order valence-corrected chi connectivity index (χ2v) is 5.21. The van der Waals surface area contributed by atoms with Crippen LogP contribution < -0.4 is 0 Å². The number of nitrogens with zero attached hydrogens (tertiary/aromatic N) is 3. The molecule has 2 rings (SSSR count). The van der Waals surface area contributed by atoms with Gasteiger partial charge < -0.3 is 4.90 Å². The molecule has 1 heterocycles. The Hall–Kier alpha value is -1.81. The molecule has 0 radical (unpaired) electrons. The van der Waals surface area contributed by atoms with Crippen LogP contribution >= 0.6 is 11.6 Å². The predicted molar refractivity (Wildman–Crippen MR) is 79.5 cm³/mol. The van der Waals surface area contributed by atoms with E-state index in [1.807, 2.05) is 37.4 Å². The second-order valence-electron chi connectivity index (χ2n) is 4.80. The largest absolute Gasteiger partial charge is 0.340 e. The van der Waals surface area contributed by atoms with Crippen LogP contribution in [0, 0.1) is 0 Å². The molecule has 0 atom stereocenters. The minimum Gasteiger partial charge on any atom is -0.340 e. The Bertz CT molecular complexity index is 561. The van der Waals surface area contributed by atoms with Crippen molar-refractivity contribution < 1.29 is 4.79 Å². The van der Waals surface area contributed by atoms with E-state index in [4.69, 9.17) is 11.6 Å². The molecule has 0 bridgehead atoms. The Kier molecular flexibility index (Phi) is 4.79. The van der Waals surface area contributed by atoms with E-state index in [-0.39, 0.29) is 5.91 Å². The SMILES string of the molecule is CN(Cc1c(Cl)cnn1C)C(=O)CCc1ccccc1. The average Bonchev–Trinajstić information content (AvgIpc) is 2.77. The smallest absolute Gasteiger partial charge is 0.222 e. The van der Waals surface area contributed by atoms with Gasteiger partial charge in [0.2, 0.25) is 5.91 Å². The quantitative estimate of drug-likeness (QED) is 0.849. The van der Waals surface area contributed by atoms with Crippen molar-refractivity contribution in [1.29, 1.82) is 0 Å². The van der Waals surface area contributed by atoms with Crippen molar-refractivity contribution in [1.82, 2.24) is 14.7 Å². The van der Waals surface area contributed by atoms with Gasteiger partial charge in [-0.25, -0.2) is 0 Å². The molecule has 1 aromatic heterocycles. The van der Waals surface area contributed by atoms with Gasteiger partial charge in [0.25, 0.3) is 0 Å². The summed E-state index contributed by atoms with van der Waals surface area (Å²) in [5.41, 5.74) is 2.02. The number of amides is 1. The van der Waals surface area contributed by atoms with E-state index in [0.29, 0.717) is 18.0 Å². The van der Waals surface area contributed by atoms with Crippen molar-refractivity contribution in [3.05, 3.63) is 52.8 Å². The Morgan fingerprint density at radius 2 is 2.05 bits per heavy atom. The van der Waals surface area contributed by atoms with Crippen LogP contribution in [0.25, 0.3) is 0 Å². The van der Waals surface area contributed by atoms with E-state index in [0.717, 1.165) is 12.1 Å². The summed E-state index contributed by atoms with van der Waals surface area (Å²) in [6.07, 6.45) is 2.85. The highest BCUT2D eigenvalue weighted by molar-refractivity contribution is 6.31. The lowest BCUT2D eigenvalue weighted by Gasteiger charge is -2.17. The molecular formula is C15H18ClN3O. The van der Waals surface area contributed by atoms with Crippen molar-refractivity contribution in [2.75, 3.05) is 7.05 Å². The first-order valence-electron chi connectivity index (χ1n) is 6.52. The zero-order chi connectivity index (χ0) is 14.5. The first-order chi connectivity index (χ1) is 9.58. The summed E-state index contributed by atoms with van der Waals surface area (Å²) >= 11 is 6.05. The first kappa shape index (κ1) is 14.6. The molecule has 2 aromatic rings. The summed E-state index contributed by atoms with van der Waals surface area (Å²) in [7, 11) is 3.61. The average molecular weight is 292 g/mol. The van der Waals surface area contributed by atoms with E-state index in [1.54, 1.807) is 22.8 Å². The van der Waals surface area contributed by atoms with Crippen LogP contribution in [-0.2, 0) is 24.8 Å². The molecule has 0 aliphatic heterocycles. The number of carbonyl (C=O) groups excluding carboxylic acids is 1. The van der Waals surface area contributed by atoms with Crippen LogP contribution in [0.3, 0.4) is 0 Å². The fourth-order valence-corrected chi connectivity index (χ4v) is 2.24. The molecule has 0 saturated heterocycles. The molecule has 0 aliphatic carbocycles. The second kappa shape index (κ2) is 6.57. The van der Waals surface area contributed by atoms with Crippen molar-refractivity contribution in [3.8, 4) is 0 Å². The summed E-state index contributed by atoms with van der Waals surface area (Å²) < 4.78 is 1.70. The number of benzene rings is 1. The highest BCUT2D eigenvalue weighted by Crippen LogP contribution is 2.16. The van der Waals surface area contributed by atoms with E-state index in [2.05, 4.69) is 5.10 Å². The van der Waals surface area contributed by atoms with E-state index < -0.39 is 0 Å². The van der Waals surface area contributed by atoms with E-state index in [9.17, 15) is 4.79 Å². The fourth-order valence-electron chi connectivity index (χ4n) is 2.01. The molecule has 0 saturated carbocycles. The van der Waals surface area contributed by atoms with Gasteiger partial charge in [0.05, 0.1) is 23.5 Å². The van der Waals surface area contributed by atoms with Crippen molar-refractivity contribution in [2.45, 2.75) is 19.4 Å². The van der Waals surface area contributed by atoms with Crippen LogP contribution in [0.5, 0.6) is 0 Å². The minimum atomic E-state index is 0.103. The Morgan fingerprint density at radius 1 is 1.35 bits per heavy atom. The van der Waals surface area contributed by atoms with Crippen molar-refractivity contribution >= 4 is 17.5 Å². The van der Waals surface area contributed by atoms with Gasteiger partial charge in [-0.05, 0) is 12.0 Å². The monoisotopic (exact) mass is 291 g/mol. The Labute approximate surface area is 124 Å². The third kappa shape index (κ3) is 3.61. The zero-order valence-electron chi connectivity index (χ0n) is 11.7. The number of hydrogen-bond donors (Lipinski definition) is 0. The van der Waals surface area contributed by atoms with Crippen molar-refractivity contribution in [2.24, 2.45) is 7.05 Å². The maximum absolute atomic E-state index is 12.1. The number of aromatic nitrogens is 2. The molecule has 0 fully saturated rings. The Morgan fingerprint density at radius 3 is 2.65 bits per heavy atom. The number of halogens is 1. The molecule has 0 spiro atoms. The maximum atomic E-state index is 12.1. The van der Waals surface area contributed by atoms with Crippen LogP contribution in [0.4, 0.5) is 0 Å². The van der Waals surface area contributed by atoms with Crippen LogP contribution in [0.15, 0.2) is 36.5 Å². The number of carbonyl (C=O) groups is 1. The van der Waals surface area contributed by atoms with Gasteiger partial charge in [0.1, 0.15) is 0 Å². The lowest BCUT2D eigenvalue weighted by Crippen LogP contribution is -2.27. The molecule has 5 heteroatoms. The van der Waals surface area contributed by atoms with Gasteiger partial charge in [0.15, 0.2) is 0 Å². The topological polar surface area (TPSA) is 38.1 Å². The molecule has 1 aromatic carbocycles. The summed E-state index contributed by atoms with van der Waals surface area (Å²) in [6.45, 7) is 0.475. The zero-order valence-corrected chi connectivity index (χ0v) is 12.5. The normalized spacial score (nSPS) is 10.6. The lowest BCUT2D eigenvalue weighted by molar-refractivity contribution is -0.130. The first-order valence-corrected chi connectivity index (χ1v) is 6.90. The molecular weight excluding hydrogens is 274 g/mol. The Balaban J connectivity index is 1.89. The third-order valence-electron chi connectivity index (χ3n) is 3.29. The number of hydrogen-bond acceptors (Lipinski definition) is 2. The van der Waals surface area contributed by atoms with Gasteiger partial charge in [-0.3, -0.25) is 9.48 Å². The van der Waals surface area contributed by atoms with Crippen LogP contribution in [-0.4, -0.2) is 27.6 Å². The van der Waals surface area contributed by atoms with Crippen LogP contribution in [0.1, 0.15) is 17.7 Å². The summed E-state index contributed by atoms with van der Waals surface area (Å²) in [5, 5.41) is 4.66. The predicted octanol–water partition coefficient (Wildman–Crippen LogP) is 2.66. The molecule has 1 amide bonds. The van der Waals surface area contributed by atoms with Gasteiger partial charge in [-0.15, -0.1) is 0 Å². The molecule has 0 unspecified atom stereocenters. The van der Waals surface area contributed by atoms with Gasteiger partial charge in [-0.2, -0.15) is 5.10 Å². The van der Waals surface area contributed by atoms with Crippen molar-refractivity contribution in [3.63, 3.8) is 0 Å². The van der Waals surface area contributed by atoms with Crippen LogP contribution in [0.2, 0.25) is 5.02 Å². The molecule has 4 nitrogen and oxygen atoms in total. The lowest BCUT2D eigenvalue weighted by atomic mass is 10.1. The maximum Gasteiger partial charge on any atom is 0.222 e. The number of aryl methyl sites for hydroxylation is 2. The standard InChI is InChI=1S/C15H18ClN3O/c1-18(11-14-13(16)10-17-19(14)2)15(20)9-8-12-6-4-3-5-7-12/h3-7,10H,8-9,11H2,1-2H3. The van der Waals surface area contributed by atoms with Gasteiger partial charge in [-0.1, -0.05) is 41.9 Å². The summed E-state index contributed by atoms with van der Waals surface area (Å²) in [4.78, 5) is 13.8. The van der Waals surface area contributed by atoms with Gasteiger partial charge in [0, 0.05) is 20.5 Å². The summed E-state index contributed by atoms with van der Waals surface area (Å²) in [6, 6.07) is 10.0. The fraction of sp³-hybridized carbons (Fsp3) is 0.333. The minimum absolute atomic E-state index is 0.103. The van der Waals surface area contributed by atoms with E-state index >= 15 is 0 Å². The highest BCUT2D eigenvalue weighted by Gasteiger charge is 2.14. The number of rotatable bonds is 5. The molecule has 106 valence electrons. The molecule has 0 N–H and O–H groups in total. The van der Waals surface area contributed by atoms with Gasteiger partial charge >= 0.3 is 0 Å². The third-order valence-corrected chi connectivity index (χ3v) is 3.61.